The maximum Gasteiger partial charge on any atom is 0.223 e. The molecule has 0 N–H and O–H groups in total. The summed E-state index contributed by atoms with van der Waals surface area (Å²) in [6.07, 6.45) is 0.637. The molecule has 0 atom stereocenters. The molecule has 1 saturated heterocycles. The number of piperazine rings is 1. The van der Waals surface area contributed by atoms with Gasteiger partial charge in [0.05, 0.1) is 12.2 Å². The zero-order chi connectivity index (χ0) is 15.6. The normalized spacial score (nSPS) is 17.3. The Bertz CT molecular complexity index is 477. The number of hydrogen-bond donors (Lipinski definition) is 0. The van der Waals surface area contributed by atoms with Crippen molar-refractivity contribution in [2.45, 2.75) is 47.6 Å². The molecule has 0 bridgehead atoms. The fourth-order valence-corrected chi connectivity index (χ4v) is 3.50. The summed E-state index contributed by atoms with van der Waals surface area (Å²) in [5, 5.41) is 1.19. The van der Waals surface area contributed by atoms with Crippen molar-refractivity contribution in [3.63, 3.8) is 0 Å². The number of carbonyl (C=O) groups excluding carboxylic acids is 1. The van der Waals surface area contributed by atoms with Crippen LogP contribution in [0, 0.1) is 19.3 Å². The molecule has 0 aromatic carbocycles. The summed E-state index contributed by atoms with van der Waals surface area (Å²) >= 11 is 1.79. The molecule has 4 nitrogen and oxygen atoms in total. The second-order valence-electron chi connectivity index (χ2n) is 7.14. The Morgan fingerprint density at radius 2 is 1.81 bits per heavy atom. The van der Waals surface area contributed by atoms with Crippen molar-refractivity contribution in [2.75, 3.05) is 26.2 Å². The summed E-state index contributed by atoms with van der Waals surface area (Å²) in [5.41, 5.74) is 1.22. The van der Waals surface area contributed by atoms with Gasteiger partial charge in [-0.1, -0.05) is 20.8 Å². The minimum absolute atomic E-state index is 0.0736. The van der Waals surface area contributed by atoms with E-state index in [0.29, 0.717) is 12.3 Å². The SMILES string of the molecule is Cc1nc(CN2CCN(C(=O)CC(C)(C)C)CC2)sc1C. The lowest BCUT2D eigenvalue weighted by molar-refractivity contribution is -0.134. The molecule has 0 spiro atoms. The number of rotatable bonds is 3. The van der Waals surface area contributed by atoms with Crippen molar-refractivity contribution in [1.29, 1.82) is 0 Å². The van der Waals surface area contributed by atoms with Crippen molar-refractivity contribution >= 4 is 17.2 Å². The van der Waals surface area contributed by atoms with E-state index in [1.165, 1.54) is 9.88 Å². The van der Waals surface area contributed by atoms with Crippen molar-refractivity contribution in [2.24, 2.45) is 5.41 Å². The quantitative estimate of drug-likeness (QED) is 0.861. The summed E-state index contributed by atoms with van der Waals surface area (Å²) in [4.78, 5) is 22.6. The van der Waals surface area contributed by atoms with Crippen molar-refractivity contribution in [3.8, 4) is 0 Å². The van der Waals surface area contributed by atoms with Crippen LogP contribution >= 0.6 is 11.3 Å². The minimum atomic E-state index is 0.0736. The van der Waals surface area contributed by atoms with E-state index in [1.54, 1.807) is 11.3 Å². The van der Waals surface area contributed by atoms with Gasteiger partial charge in [0.15, 0.2) is 0 Å². The number of amides is 1. The Morgan fingerprint density at radius 3 is 2.29 bits per heavy atom. The number of nitrogens with zero attached hydrogens (tertiary/aromatic N) is 3. The molecule has 1 aromatic rings. The first-order chi connectivity index (χ1) is 9.74. The fraction of sp³-hybridized carbons (Fsp3) is 0.750. The van der Waals surface area contributed by atoms with Gasteiger partial charge in [-0.3, -0.25) is 9.69 Å². The van der Waals surface area contributed by atoms with Crippen LogP contribution in [0.15, 0.2) is 0 Å². The number of aryl methyl sites for hydroxylation is 2. The van der Waals surface area contributed by atoms with Crippen LogP contribution in [-0.4, -0.2) is 46.9 Å². The highest BCUT2D eigenvalue weighted by Crippen LogP contribution is 2.21. The second-order valence-corrected chi connectivity index (χ2v) is 8.43. The Hall–Kier alpha value is -0.940. The standard InChI is InChI=1S/C16H27N3OS/c1-12-13(2)21-14(17-12)11-18-6-8-19(9-7-18)15(20)10-16(3,4)5/h6-11H2,1-5H3. The first kappa shape index (κ1) is 16.4. The Balaban J connectivity index is 1.82. The van der Waals surface area contributed by atoms with E-state index in [9.17, 15) is 4.79 Å². The molecule has 1 aromatic heterocycles. The number of aromatic nitrogens is 1. The van der Waals surface area contributed by atoms with Crippen molar-refractivity contribution < 1.29 is 4.79 Å². The van der Waals surface area contributed by atoms with Crippen LogP contribution in [0.2, 0.25) is 0 Å². The summed E-state index contributed by atoms with van der Waals surface area (Å²) in [6.45, 7) is 15.1. The third-order valence-corrected chi connectivity index (χ3v) is 4.90. The van der Waals surface area contributed by atoms with E-state index in [0.717, 1.165) is 38.4 Å². The predicted molar refractivity (Wildman–Crippen MR) is 87.5 cm³/mol. The predicted octanol–water partition coefficient (Wildman–Crippen LogP) is 2.84. The maximum absolute atomic E-state index is 12.2. The van der Waals surface area contributed by atoms with Crippen LogP contribution in [0.4, 0.5) is 0 Å². The van der Waals surface area contributed by atoms with Gasteiger partial charge in [0.25, 0.3) is 0 Å². The van der Waals surface area contributed by atoms with Crippen LogP contribution in [-0.2, 0) is 11.3 Å². The van der Waals surface area contributed by atoms with E-state index in [2.05, 4.69) is 44.5 Å². The molecule has 0 radical (unpaired) electrons. The largest absolute Gasteiger partial charge is 0.340 e. The lowest BCUT2D eigenvalue weighted by Gasteiger charge is -2.35. The molecule has 2 heterocycles. The Labute approximate surface area is 132 Å². The molecule has 5 heteroatoms. The molecule has 1 amide bonds. The van der Waals surface area contributed by atoms with Gasteiger partial charge in [0.1, 0.15) is 5.01 Å². The summed E-state index contributed by atoms with van der Waals surface area (Å²) in [7, 11) is 0. The Kier molecular flexibility index (Phi) is 5.04. The summed E-state index contributed by atoms with van der Waals surface area (Å²) in [6, 6.07) is 0. The van der Waals surface area contributed by atoms with Gasteiger partial charge < -0.3 is 4.90 Å². The monoisotopic (exact) mass is 309 g/mol. The van der Waals surface area contributed by atoms with Crippen molar-refractivity contribution in [3.05, 3.63) is 15.6 Å². The minimum Gasteiger partial charge on any atom is -0.340 e. The van der Waals surface area contributed by atoms with E-state index in [4.69, 9.17) is 0 Å². The molecule has 21 heavy (non-hydrogen) atoms. The van der Waals surface area contributed by atoms with Crippen molar-refractivity contribution in [1.82, 2.24) is 14.8 Å². The van der Waals surface area contributed by atoms with Gasteiger partial charge in [-0.25, -0.2) is 4.98 Å². The van der Waals surface area contributed by atoms with Gasteiger partial charge in [-0.2, -0.15) is 0 Å². The molecular formula is C16H27N3OS. The molecule has 118 valence electrons. The average molecular weight is 309 g/mol. The summed E-state index contributed by atoms with van der Waals surface area (Å²) < 4.78 is 0. The molecule has 0 unspecified atom stereocenters. The highest BCUT2D eigenvalue weighted by Gasteiger charge is 2.25. The highest BCUT2D eigenvalue weighted by atomic mass is 32.1. The van der Waals surface area contributed by atoms with Gasteiger partial charge >= 0.3 is 0 Å². The van der Waals surface area contributed by atoms with Gasteiger partial charge in [-0.05, 0) is 19.3 Å². The van der Waals surface area contributed by atoms with Gasteiger partial charge in [0, 0.05) is 37.5 Å². The van der Waals surface area contributed by atoms with Crippen LogP contribution in [0.1, 0.15) is 42.8 Å². The topological polar surface area (TPSA) is 36.4 Å². The Morgan fingerprint density at radius 1 is 1.19 bits per heavy atom. The first-order valence-corrected chi connectivity index (χ1v) is 8.49. The maximum atomic E-state index is 12.2. The van der Waals surface area contributed by atoms with E-state index < -0.39 is 0 Å². The molecule has 0 saturated carbocycles. The lowest BCUT2D eigenvalue weighted by atomic mass is 9.91. The zero-order valence-corrected chi connectivity index (χ0v) is 14.7. The average Bonchev–Trinajstić information content (AvgIpc) is 2.67. The zero-order valence-electron chi connectivity index (χ0n) is 13.9. The van der Waals surface area contributed by atoms with Crippen LogP contribution in [0.3, 0.4) is 0 Å². The van der Waals surface area contributed by atoms with Gasteiger partial charge in [-0.15, -0.1) is 11.3 Å². The number of thiazole rings is 1. The van der Waals surface area contributed by atoms with E-state index in [1.807, 2.05) is 4.90 Å². The molecule has 0 aliphatic carbocycles. The second kappa shape index (κ2) is 6.44. The number of carbonyl (C=O) groups is 1. The van der Waals surface area contributed by atoms with Crippen LogP contribution in [0.25, 0.3) is 0 Å². The smallest absolute Gasteiger partial charge is 0.223 e. The highest BCUT2D eigenvalue weighted by molar-refractivity contribution is 7.11. The molecule has 1 aliphatic heterocycles. The first-order valence-electron chi connectivity index (χ1n) is 7.67. The molecular weight excluding hydrogens is 282 g/mol. The van der Waals surface area contributed by atoms with Crippen LogP contribution in [0.5, 0.6) is 0 Å². The number of hydrogen-bond acceptors (Lipinski definition) is 4. The molecule has 1 aliphatic rings. The molecule has 2 rings (SSSR count). The fourth-order valence-electron chi connectivity index (χ4n) is 2.52. The van der Waals surface area contributed by atoms with E-state index in [-0.39, 0.29) is 5.41 Å². The van der Waals surface area contributed by atoms with E-state index >= 15 is 0 Å². The lowest BCUT2D eigenvalue weighted by Crippen LogP contribution is -2.48. The third-order valence-electron chi connectivity index (χ3n) is 3.84. The van der Waals surface area contributed by atoms with Crippen LogP contribution < -0.4 is 0 Å². The molecule has 1 fully saturated rings. The van der Waals surface area contributed by atoms with Gasteiger partial charge in [0.2, 0.25) is 5.91 Å². The third kappa shape index (κ3) is 4.78. The summed E-state index contributed by atoms with van der Waals surface area (Å²) in [5.74, 6) is 0.295.